The summed E-state index contributed by atoms with van der Waals surface area (Å²) in [6.07, 6.45) is 1.68. The average molecular weight is 200 g/mol. The second-order valence-electron chi connectivity index (χ2n) is 3.87. The van der Waals surface area contributed by atoms with Crippen LogP contribution in [0.25, 0.3) is 0 Å². The third-order valence-corrected chi connectivity index (χ3v) is 1.67. The van der Waals surface area contributed by atoms with Crippen molar-refractivity contribution in [2.75, 3.05) is 0 Å². The Morgan fingerprint density at radius 3 is 2.69 bits per heavy atom. The van der Waals surface area contributed by atoms with Crippen LogP contribution in [0.5, 0.6) is 0 Å². The van der Waals surface area contributed by atoms with Gasteiger partial charge in [0.15, 0.2) is 0 Å². The molecule has 13 heavy (non-hydrogen) atoms. The normalized spacial score (nSPS) is 11.7. The lowest BCUT2D eigenvalue weighted by atomic mass is 10.2. The van der Waals surface area contributed by atoms with Gasteiger partial charge in [-0.15, -0.1) is 0 Å². The van der Waals surface area contributed by atoms with Gasteiger partial charge in [0.05, 0.1) is 17.9 Å². The number of nitrogens with zero attached hydrogens (tertiary/aromatic N) is 1. The molecule has 3 heteroatoms. The predicted molar refractivity (Wildman–Crippen MR) is 53.8 cm³/mol. The fourth-order valence-electron chi connectivity index (χ4n) is 0.818. The quantitative estimate of drug-likeness (QED) is 0.731. The van der Waals surface area contributed by atoms with Crippen molar-refractivity contribution in [1.29, 1.82) is 0 Å². The number of aromatic nitrogens is 1. The molecule has 0 bridgehead atoms. The number of rotatable bonds is 2. The molecule has 1 aromatic rings. The van der Waals surface area contributed by atoms with Gasteiger partial charge in [-0.3, -0.25) is 4.98 Å². The Morgan fingerprint density at radius 2 is 2.15 bits per heavy atom. The number of pyridine rings is 1. The van der Waals surface area contributed by atoms with Gasteiger partial charge in [0, 0.05) is 11.2 Å². The fraction of sp³-hybridized carbons (Fsp3) is 0.500. The zero-order valence-corrected chi connectivity index (χ0v) is 8.93. The van der Waals surface area contributed by atoms with Crippen molar-refractivity contribution in [2.45, 2.75) is 33.0 Å². The molecule has 0 aliphatic rings. The van der Waals surface area contributed by atoms with Crippen LogP contribution in [0.3, 0.4) is 0 Å². The summed E-state index contributed by atoms with van der Waals surface area (Å²) in [6.45, 7) is 6.54. The van der Waals surface area contributed by atoms with E-state index in [-0.39, 0.29) is 5.60 Å². The molecule has 0 unspecified atom stereocenters. The van der Waals surface area contributed by atoms with Crippen molar-refractivity contribution in [3.8, 4) is 0 Å². The van der Waals surface area contributed by atoms with Crippen molar-refractivity contribution in [1.82, 2.24) is 4.98 Å². The second kappa shape index (κ2) is 4.07. The monoisotopic (exact) mass is 199 g/mol. The van der Waals surface area contributed by atoms with Gasteiger partial charge >= 0.3 is 0 Å². The second-order valence-corrected chi connectivity index (χ2v) is 4.30. The molecule has 0 aliphatic heterocycles. The molecule has 0 saturated carbocycles. The third kappa shape index (κ3) is 4.25. The minimum absolute atomic E-state index is 0.135. The van der Waals surface area contributed by atoms with Gasteiger partial charge in [-0.05, 0) is 32.9 Å². The van der Waals surface area contributed by atoms with E-state index >= 15 is 0 Å². The minimum Gasteiger partial charge on any atom is -0.370 e. The van der Waals surface area contributed by atoms with Crippen LogP contribution in [0, 0.1) is 0 Å². The van der Waals surface area contributed by atoms with Crippen molar-refractivity contribution in [3.63, 3.8) is 0 Å². The van der Waals surface area contributed by atoms with E-state index in [4.69, 9.17) is 16.3 Å². The SMILES string of the molecule is CC(C)(C)OCc1cc(Cl)ccn1. The van der Waals surface area contributed by atoms with E-state index in [0.29, 0.717) is 11.6 Å². The van der Waals surface area contributed by atoms with E-state index in [9.17, 15) is 0 Å². The maximum atomic E-state index is 5.80. The molecule has 2 nitrogen and oxygen atoms in total. The van der Waals surface area contributed by atoms with Gasteiger partial charge in [-0.25, -0.2) is 0 Å². The molecule has 0 radical (unpaired) electrons. The van der Waals surface area contributed by atoms with E-state index in [1.165, 1.54) is 0 Å². The molecule has 1 aromatic heterocycles. The van der Waals surface area contributed by atoms with Gasteiger partial charge in [0.2, 0.25) is 0 Å². The van der Waals surface area contributed by atoms with Gasteiger partial charge in [-0.1, -0.05) is 11.6 Å². The number of halogens is 1. The molecule has 1 heterocycles. The molecule has 0 fully saturated rings. The summed E-state index contributed by atoms with van der Waals surface area (Å²) in [5.41, 5.74) is 0.728. The van der Waals surface area contributed by atoms with Crippen molar-refractivity contribution >= 4 is 11.6 Å². The van der Waals surface area contributed by atoms with Crippen molar-refractivity contribution < 1.29 is 4.74 Å². The largest absolute Gasteiger partial charge is 0.370 e. The standard InChI is InChI=1S/C10H14ClNO/c1-10(2,3)13-7-9-6-8(11)4-5-12-9/h4-6H,7H2,1-3H3. The zero-order chi connectivity index (χ0) is 9.90. The summed E-state index contributed by atoms with van der Waals surface area (Å²) in [5, 5.41) is 0.697. The highest BCUT2D eigenvalue weighted by Gasteiger charge is 2.10. The van der Waals surface area contributed by atoms with Crippen LogP contribution in [0.4, 0.5) is 0 Å². The minimum atomic E-state index is -0.135. The Kier molecular flexibility index (Phi) is 3.28. The van der Waals surface area contributed by atoms with Crippen LogP contribution < -0.4 is 0 Å². The summed E-state index contributed by atoms with van der Waals surface area (Å²) < 4.78 is 5.55. The van der Waals surface area contributed by atoms with Crippen molar-refractivity contribution in [3.05, 3.63) is 29.0 Å². The first-order chi connectivity index (χ1) is 5.97. The van der Waals surface area contributed by atoms with E-state index in [2.05, 4.69) is 4.98 Å². The summed E-state index contributed by atoms with van der Waals surface area (Å²) in [7, 11) is 0. The smallest absolute Gasteiger partial charge is 0.0895 e. The number of hydrogen-bond donors (Lipinski definition) is 0. The van der Waals surface area contributed by atoms with Crippen LogP contribution in [0.2, 0.25) is 5.02 Å². The molecule has 0 aliphatic carbocycles. The lowest BCUT2D eigenvalue weighted by molar-refractivity contribution is -0.0164. The van der Waals surface area contributed by atoms with E-state index in [1.54, 1.807) is 12.3 Å². The zero-order valence-electron chi connectivity index (χ0n) is 8.17. The topological polar surface area (TPSA) is 22.1 Å². The molecular formula is C10H14ClNO. The molecule has 72 valence electrons. The van der Waals surface area contributed by atoms with E-state index < -0.39 is 0 Å². The molecule has 0 saturated heterocycles. The number of ether oxygens (including phenoxy) is 1. The Bertz CT molecular complexity index is 280. The first kappa shape index (κ1) is 10.5. The molecule has 0 atom stereocenters. The molecule has 0 amide bonds. The Morgan fingerprint density at radius 1 is 1.46 bits per heavy atom. The lowest BCUT2D eigenvalue weighted by Gasteiger charge is -2.18. The summed E-state index contributed by atoms with van der Waals surface area (Å²) in [4.78, 5) is 4.13. The average Bonchev–Trinajstić information content (AvgIpc) is 2.00. The van der Waals surface area contributed by atoms with Crippen LogP contribution in [-0.4, -0.2) is 10.6 Å². The van der Waals surface area contributed by atoms with Crippen LogP contribution >= 0.6 is 11.6 Å². The molecule has 0 N–H and O–H groups in total. The van der Waals surface area contributed by atoms with Gasteiger partial charge in [0.1, 0.15) is 0 Å². The van der Waals surface area contributed by atoms with Crippen LogP contribution in [-0.2, 0) is 11.3 Å². The Hall–Kier alpha value is -0.600. The maximum absolute atomic E-state index is 5.80. The first-order valence-electron chi connectivity index (χ1n) is 4.22. The van der Waals surface area contributed by atoms with Gasteiger partial charge in [-0.2, -0.15) is 0 Å². The van der Waals surface area contributed by atoms with Crippen LogP contribution in [0.15, 0.2) is 18.3 Å². The van der Waals surface area contributed by atoms with Gasteiger partial charge < -0.3 is 4.74 Å². The summed E-state index contributed by atoms with van der Waals surface area (Å²) >= 11 is 5.80. The Labute approximate surface area is 83.9 Å². The van der Waals surface area contributed by atoms with Crippen molar-refractivity contribution in [2.24, 2.45) is 0 Å². The highest BCUT2D eigenvalue weighted by Crippen LogP contribution is 2.13. The third-order valence-electron chi connectivity index (χ3n) is 1.43. The highest BCUT2D eigenvalue weighted by molar-refractivity contribution is 6.30. The number of hydrogen-bond acceptors (Lipinski definition) is 2. The molecular weight excluding hydrogens is 186 g/mol. The van der Waals surface area contributed by atoms with E-state index in [1.807, 2.05) is 26.8 Å². The molecule has 1 rings (SSSR count). The highest BCUT2D eigenvalue weighted by atomic mass is 35.5. The van der Waals surface area contributed by atoms with Crippen LogP contribution in [0.1, 0.15) is 26.5 Å². The molecule has 0 spiro atoms. The van der Waals surface area contributed by atoms with Gasteiger partial charge in [0.25, 0.3) is 0 Å². The molecule has 0 aromatic carbocycles. The fourth-order valence-corrected chi connectivity index (χ4v) is 1.00. The van der Waals surface area contributed by atoms with E-state index in [0.717, 1.165) is 5.69 Å². The maximum Gasteiger partial charge on any atom is 0.0895 e. The first-order valence-corrected chi connectivity index (χ1v) is 4.59. The predicted octanol–water partition coefficient (Wildman–Crippen LogP) is 3.05. The summed E-state index contributed by atoms with van der Waals surface area (Å²) in [6, 6.07) is 3.56. The summed E-state index contributed by atoms with van der Waals surface area (Å²) in [5.74, 6) is 0. The lowest BCUT2D eigenvalue weighted by Crippen LogP contribution is -2.18. The Balaban J connectivity index is 2.55.